The number of halogens is 1. The van der Waals surface area contributed by atoms with E-state index in [1.807, 2.05) is 57.1 Å². The molecule has 72 heavy (non-hydrogen) atoms. The van der Waals surface area contributed by atoms with Crippen molar-refractivity contribution < 1.29 is 14.4 Å². The normalized spacial score (nSPS) is 19.0. The molecule has 0 saturated carbocycles. The zero-order valence-corrected chi connectivity index (χ0v) is 43.3. The summed E-state index contributed by atoms with van der Waals surface area (Å²) in [5.74, 6) is 2.21. The Hall–Kier alpha value is -5.48. The molecule has 1 atom stereocenters. The molecule has 2 aromatic carbocycles. The average molecular weight is 1030 g/mol. The Morgan fingerprint density at radius 1 is 0.889 bits per heavy atom. The number of likely N-dealkylation sites (tertiary alicyclic amines) is 1. The van der Waals surface area contributed by atoms with E-state index in [9.17, 15) is 14.4 Å². The van der Waals surface area contributed by atoms with Gasteiger partial charge in [-0.05, 0) is 105 Å². The van der Waals surface area contributed by atoms with E-state index < -0.39 is 5.54 Å². The molecule has 21 heteroatoms. The third-order valence-corrected chi connectivity index (χ3v) is 17.4. The summed E-state index contributed by atoms with van der Waals surface area (Å²) in [6.45, 7) is 13.4. The molecule has 4 aliphatic rings. The van der Waals surface area contributed by atoms with Crippen molar-refractivity contribution in [1.82, 2.24) is 64.5 Å². The monoisotopic (exact) mass is 1030 g/mol. The fraction of sp³-hybridized carbons (Fsp3) is 0.490. The maximum absolute atomic E-state index is 14.0. The molecule has 10 rings (SSSR count). The largest absolute Gasteiger partial charge is 0.356 e. The molecule has 0 spiro atoms. The van der Waals surface area contributed by atoms with Crippen molar-refractivity contribution in [2.24, 2.45) is 11.7 Å². The van der Waals surface area contributed by atoms with E-state index in [0.29, 0.717) is 81.0 Å². The molecule has 3 amide bonds. The summed E-state index contributed by atoms with van der Waals surface area (Å²) in [7, 11) is 0. The highest BCUT2D eigenvalue weighted by Gasteiger charge is 2.40. The average Bonchev–Trinajstić information content (AvgIpc) is 4.23. The van der Waals surface area contributed by atoms with E-state index in [-0.39, 0.29) is 23.8 Å². The van der Waals surface area contributed by atoms with Gasteiger partial charge in [0.05, 0.1) is 29.8 Å². The van der Waals surface area contributed by atoms with Gasteiger partial charge in [0.2, 0.25) is 16.8 Å². The van der Waals surface area contributed by atoms with E-state index in [0.717, 1.165) is 103 Å². The Balaban J connectivity index is 0.617. The SMILES string of the molecule is Cc1cc(-n2ccnc2)ccc1CSc1nnc(C(=O)N2CCN(CC3CCN(CC(=O)N4CCN(CC[C@H](NC(=O)C5(N)CCN(c6ncnc7[nH]ccc67)CC5)c5ccc(Cl)cc5)CC4)CC3)CC2)s1. The summed E-state index contributed by atoms with van der Waals surface area (Å²) in [6.07, 6.45) is 12.8. The Bertz CT molecular complexity index is 2780. The third-order valence-electron chi connectivity index (χ3n) is 15.1. The van der Waals surface area contributed by atoms with Gasteiger partial charge in [-0.25, -0.2) is 15.0 Å². The number of rotatable bonds is 16. The van der Waals surface area contributed by atoms with Crippen LogP contribution in [0.4, 0.5) is 5.82 Å². The number of anilines is 1. The predicted octanol–water partition coefficient (Wildman–Crippen LogP) is 5.11. The molecule has 6 aromatic rings. The molecular formula is C51H64ClN15O3S2. The number of aromatic amines is 1. The first kappa shape index (κ1) is 50.1. The number of hydrogen-bond donors (Lipinski definition) is 3. The topological polar surface area (TPSA) is 194 Å². The first-order valence-electron chi connectivity index (χ1n) is 25.2. The van der Waals surface area contributed by atoms with Crippen LogP contribution in [0.2, 0.25) is 5.02 Å². The molecule has 380 valence electrons. The number of benzene rings is 2. The number of imidazole rings is 1. The lowest BCUT2D eigenvalue weighted by Gasteiger charge is -2.40. The molecule has 18 nitrogen and oxygen atoms in total. The van der Waals surface area contributed by atoms with Crippen LogP contribution in [0.5, 0.6) is 0 Å². The quantitative estimate of drug-likeness (QED) is 0.108. The maximum atomic E-state index is 14.0. The number of hydrogen-bond acceptors (Lipinski definition) is 15. The highest BCUT2D eigenvalue weighted by Crippen LogP contribution is 2.31. The van der Waals surface area contributed by atoms with Crippen LogP contribution in [0.15, 0.2) is 84.1 Å². The number of nitrogens with one attached hydrogen (secondary N) is 2. The lowest BCUT2D eigenvalue weighted by atomic mass is 9.87. The van der Waals surface area contributed by atoms with Gasteiger partial charge in [0.1, 0.15) is 17.8 Å². The molecule has 0 aliphatic carbocycles. The summed E-state index contributed by atoms with van der Waals surface area (Å²) in [5, 5.41) is 14.0. The smallest absolute Gasteiger partial charge is 0.284 e. The van der Waals surface area contributed by atoms with Crippen molar-refractivity contribution in [2.45, 2.75) is 60.7 Å². The second kappa shape index (κ2) is 22.7. The molecule has 4 aliphatic heterocycles. The lowest BCUT2D eigenvalue weighted by Crippen LogP contribution is -2.60. The second-order valence-corrected chi connectivity index (χ2v) is 22.4. The standard InChI is InChI=1S/C51H64ClN15O3S2/c1-36-30-41(67-21-15-54-35-67)7-4-39(36)33-71-50-60-59-47(72-50)48(69)66-28-24-63(25-29-66)31-37-9-16-62(17-10-37)32-44(68)64-26-22-61(23-27-64)18-11-43(38-2-5-40(52)6-3-38)58-49(70)51(53)12-19-65(20-13-51)46-42-8-14-55-45(42)56-34-57-46/h2-8,14-15,21,30,34-35,37,43H,9-13,16-20,22-29,31-33,53H2,1H3,(H,58,70)(H,55,56,57)/t43-/m0/s1. The minimum Gasteiger partial charge on any atom is -0.356 e. The number of amides is 3. The number of aryl methyl sites for hydroxylation is 1. The predicted molar refractivity (Wildman–Crippen MR) is 282 cm³/mol. The van der Waals surface area contributed by atoms with E-state index in [1.165, 1.54) is 22.5 Å². The fourth-order valence-electron chi connectivity index (χ4n) is 10.5. The van der Waals surface area contributed by atoms with E-state index in [2.05, 4.69) is 80.2 Å². The number of piperazine rings is 2. The maximum Gasteiger partial charge on any atom is 0.284 e. The Morgan fingerprint density at radius 3 is 2.38 bits per heavy atom. The summed E-state index contributed by atoms with van der Waals surface area (Å²) in [4.78, 5) is 70.4. The fourth-order valence-corrected chi connectivity index (χ4v) is 12.5. The highest BCUT2D eigenvalue weighted by atomic mass is 35.5. The molecule has 0 bridgehead atoms. The zero-order valence-electron chi connectivity index (χ0n) is 40.9. The summed E-state index contributed by atoms with van der Waals surface area (Å²) in [5.41, 5.74) is 11.1. The number of carbonyl (C=O) groups is 3. The van der Waals surface area contributed by atoms with Crippen LogP contribution in [-0.2, 0) is 15.3 Å². The molecule has 8 heterocycles. The minimum absolute atomic E-state index is 0.0319. The Morgan fingerprint density at radius 2 is 1.64 bits per heavy atom. The highest BCUT2D eigenvalue weighted by molar-refractivity contribution is 8.00. The van der Waals surface area contributed by atoms with Gasteiger partial charge >= 0.3 is 0 Å². The van der Waals surface area contributed by atoms with Gasteiger partial charge in [0, 0.05) is 114 Å². The van der Waals surface area contributed by atoms with Crippen LogP contribution < -0.4 is 16.0 Å². The van der Waals surface area contributed by atoms with Gasteiger partial charge in [-0.2, -0.15) is 0 Å². The number of thioether (sulfide) groups is 1. The van der Waals surface area contributed by atoms with Crippen molar-refractivity contribution in [3.05, 3.63) is 106 Å². The van der Waals surface area contributed by atoms with Crippen molar-refractivity contribution in [1.29, 1.82) is 0 Å². The van der Waals surface area contributed by atoms with Crippen molar-refractivity contribution >= 4 is 69.3 Å². The van der Waals surface area contributed by atoms with Gasteiger partial charge in [-0.1, -0.05) is 52.9 Å². The lowest BCUT2D eigenvalue weighted by molar-refractivity contribution is -0.134. The first-order valence-corrected chi connectivity index (χ1v) is 27.4. The van der Waals surface area contributed by atoms with Gasteiger partial charge in [-0.3, -0.25) is 29.1 Å². The Kier molecular flexibility index (Phi) is 15.8. The summed E-state index contributed by atoms with van der Waals surface area (Å²) in [6, 6.07) is 15.8. The summed E-state index contributed by atoms with van der Waals surface area (Å²) >= 11 is 9.27. The van der Waals surface area contributed by atoms with Gasteiger partial charge in [0.15, 0.2) is 4.34 Å². The summed E-state index contributed by atoms with van der Waals surface area (Å²) < 4.78 is 2.79. The first-order chi connectivity index (χ1) is 35.0. The van der Waals surface area contributed by atoms with Gasteiger partial charge < -0.3 is 35.3 Å². The number of nitrogens with zero attached hydrogens (tertiary/aromatic N) is 12. The van der Waals surface area contributed by atoms with E-state index in [4.69, 9.17) is 17.3 Å². The number of H-pyrrole nitrogens is 1. The minimum atomic E-state index is -1.00. The third kappa shape index (κ3) is 12.0. The molecular weight excluding hydrogens is 970 g/mol. The van der Waals surface area contributed by atoms with E-state index in [1.54, 1.807) is 30.6 Å². The second-order valence-electron chi connectivity index (χ2n) is 19.7. The Labute approximate surface area is 433 Å². The number of piperidine rings is 2. The van der Waals surface area contributed by atoms with Crippen molar-refractivity contribution in [3.8, 4) is 5.69 Å². The van der Waals surface area contributed by atoms with Crippen molar-refractivity contribution in [2.75, 3.05) is 103 Å². The molecule has 0 radical (unpaired) electrons. The molecule has 4 aromatic heterocycles. The molecule has 4 saturated heterocycles. The number of carbonyl (C=O) groups excluding carboxylic acids is 3. The van der Waals surface area contributed by atoms with Gasteiger partial charge in [-0.15, -0.1) is 10.2 Å². The molecule has 0 unspecified atom stereocenters. The van der Waals surface area contributed by atoms with Crippen LogP contribution in [-0.4, -0.2) is 181 Å². The van der Waals surface area contributed by atoms with Gasteiger partial charge in [0.25, 0.3) is 5.91 Å². The number of fused-ring (bicyclic) bond motifs is 1. The molecule has 4 fully saturated rings. The van der Waals surface area contributed by atoms with E-state index >= 15 is 0 Å². The number of nitrogens with two attached hydrogens (primary N) is 1. The van der Waals surface area contributed by atoms with Crippen LogP contribution in [0.25, 0.3) is 16.7 Å². The van der Waals surface area contributed by atoms with Crippen LogP contribution in [0.3, 0.4) is 0 Å². The van der Waals surface area contributed by atoms with Crippen LogP contribution in [0.1, 0.15) is 64.6 Å². The number of aromatic nitrogens is 7. The van der Waals surface area contributed by atoms with Crippen LogP contribution in [0, 0.1) is 12.8 Å². The zero-order chi connectivity index (χ0) is 49.6. The molecule has 4 N–H and O–H groups in total. The van der Waals surface area contributed by atoms with Crippen LogP contribution >= 0.6 is 34.7 Å². The van der Waals surface area contributed by atoms with Crippen molar-refractivity contribution in [3.63, 3.8) is 0 Å².